The molecule has 2 N–H and O–H groups in total. The van der Waals surface area contributed by atoms with Crippen LogP contribution in [0.1, 0.15) is 65.4 Å². The highest BCUT2D eigenvalue weighted by molar-refractivity contribution is 6.09. The number of nitrogens with one attached hydrogen (secondary N) is 2. The van der Waals surface area contributed by atoms with E-state index in [1.807, 2.05) is 19.1 Å². The molecule has 0 aromatic heterocycles. The lowest BCUT2D eigenvalue weighted by molar-refractivity contribution is -0.155. The minimum absolute atomic E-state index is 0.186. The fraction of sp³-hybridized carbons (Fsp3) is 0.600. The highest BCUT2D eigenvalue weighted by Gasteiger charge is 2.54. The SMILES string of the molecule is CCC(C)(C)C1CCC2(CC1)NC(=O)N(CC(=O)OC(C)C(=O)Nc1ccccc1C)C2=O. The average molecular weight is 458 g/mol. The summed E-state index contributed by atoms with van der Waals surface area (Å²) in [7, 11) is 0. The van der Waals surface area contributed by atoms with Crippen molar-refractivity contribution >= 4 is 29.5 Å². The van der Waals surface area contributed by atoms with E-state index in [-0.39, 0.29) is 11.3 Å². The van der Waals surface area contributed by atoms with Crippen LogP contribution in [-0.4, -0.2) is 46.9 Å². The van der Waals surface area contributed by atoms with E-state index in [0.717, 1.165) is 29.7 Å². The number of carbonyl (C=O) groups is 4. The van der Waals surface area contributed by atoms with Crippen molar-refractivity contribution in [1.29, 1.82) is 0 Å². The molecule has 1 spiro atoms. The lowest BCUT2D eigenvalue weighted by Gasteiger charge is -2.42. The highest BCUT2D eigenvalue weighted by Crippen LogP contribution is 2.45. The summed E-state index contributed by atoms with van der Waals surface area (Å²) < 4.78 is 5.21. The summed E-state index contributed by atoms with van der Waals surface area (Å²) in [5, 5.41) is 5.55. The van der Waals surface area contributed by atoms with Crippen LogP contribution in [0.5, 0.6) is 0 Å². The van der Waals surface area contributed by atoms with E-state index in [4.69, 9.17) is 4.74 Å². The number of benzene rings is 1. The van der Waals surface area contributed by atoms with E-state index in [1.54, 1.807) is 12.1 Å². The molecule has 180 valence electrons. The molecule has 1 aliphatic heterocycles. The third-order valence-electron chi connectivity index (χ3n) is 7.47. The van der Waals surface area contributed by atoms with Crippen LogP contribution < -0.4 is 10.6 Å². The van der Waals surface area contributed by atoms with Gasteiger partial charge in [0.05, 0.1) is 0 Å². The fourth-order valence-corrected chi connectivity index (χ4v) is 4.70. The van der Waals surface area contributed by atoms with Crippen molar-refractivity contribution in [3.8, 4) is 0 Å². The molecule has 1 saturated carbocycles. The Kier molecular flexibility index (Phi) is 7.14. The van der Waals surface area contributed by atoms with Gasteiger partial charge in [-0.25, -0.2) is 4.79 Å². The molecule has 1 atom stereocenters. The van der Waals surface area contributed by atoms with Gasteiger partial charge in [-0.1, -0.05) is 45.4 Å². The Balaban J connectivity index is 1.56. The second-order valence-corrected chi connectivity index (χ2v) is 9.96. The molecule has 1 aromatic rings. The van der Waals surface area contributed by atoms with Gasteiger partial charge in [0, 0.05) is 5.69 Å². The van der Waals surface area contributed by atoms with Crippen molar-refractivity contribution in [2.24, 2.45) is 11.3 Å². The van der Waals surface area contributed by atoms with Crippen molar-refractivity contribution in [1.82, 2.24) is 10.2 Å². The number of rotatable bonds is 7. The number of nitrogens with zero attached hydrogens (tertiary/aromatic N) is 1. The molecule has 2 aliphatic rings. The normalized spacial score (nSPS) is 23.9. The molecule has 8 heteroatoms. The number of aryl methyl sites for hydroxylation is 1. The van der Waals surface area contributed by atoms with Crippen LogP contribution in [0, 0.1) is 18.3 Å². The lowest BCUT2D eigenvalue weighted by atomic mass is 9.65. The van der Waals surface area contributed by atoms with Gasteiger partial charge < -0.3 is 15.4 Å². The first-order valence-corrected chi connectivity index (χ1v) is 11.7. The van der Waals surface area contributed by atoms with Crippen LogP contribution in [0.2, 0.25) is 0 Å². The predicted molar refractivity (Wildman–Crippen MR) is 124 cm³/mol. The summed E-state index contributed by atoms with van der Waals surface area (Å²) in [6, 6.07) is 6.68. The monoisotopic (exact) mass is 457 g/mol. The third kappa shape index (κ3) is 5.20. The van der Waals surface area contributed by atoms with E-state index in [2.05, 4.69) is 31.4 Å². The first-order chi connectivity index (χ1) is 15.5. The minimum atomic E-state index is -1.07. The molecular weight excluding hydrogens is 422 g/mol. The number of imide groups is 1. The number of ether oxygens (including phenoxy) is 1. The summed E-state index contributed by atoms with van der Waals surface area (Å²) in [5.41, 5.74) is 0.756. The largest absolute Gasteiger partial charge is 0.451 e. The Morgan fingerprint density at radius 3 is 2.48 bits per heavy atom. The summed E-state index contributed by atoms with van der Waals surface area (Å²) in [4.78, 5) is 51.4. The van der Waals surface area contributed by atoms with Gasteiger partial charge in [0.2, 0.25) is 0 Å². The first kappa shape index (κ1) is 24.7. The molecule has 0 radical (unpaired) electrons. The van der Waals surface area contributed by atoms with Gasteiger partial charge in [0.25, 0.3) is 11.8 Å². The number of para-hydroxylation sites is 1. The molecule has 33 heavy (non-hydrogen) atoms. The maximum atomic E-state index is 13.1. The zero-order valence-electron chi connectivity index (χ0n) is 20.2. The second-order valence-electron chi connectivity index (χ2n) is 9.96. The molecular formula is C25H35N3O5. The van der Waals surface area contributed by atoms with Crippen LogP contribution in [-0.2, 0) is 19.1 Å². The van der Waals surface area contributed by atoms with Crippen LogP contribution >= 0.6 is 0 Å². The van der Waals surface area contributed by atoms with Crippen molar-refractivity contribution in [2.45, 2.75) is 78.4 Å². The van der Waals surface area contributed by atoms with Crippen molar-refractivity contribution in [3.63, 3.8) is 0 Å². The van der Waals surface area contributed by atoms with E-state index in [1.165, 1.54) is 6.92 Å². The summed E-state index contributed by atoms with van der Waals surface area (Å²) >= 11 is 0. The van der Waals surface area contributed by atoms with Gasteiger partial charge in [0.15, 0.2) is 6.10 Å². The van der Waals surface area contributed by atoms with Crippen LogP contribution in [0.3, 0.4) is 0 Å². The fourth-order valence-electron chi connectivity index (χ4n) is 4.70. The van der Waals surface area contributed by atoms with Crippen molar-refractivity contribution in [2.75, 3.05) is 11.9 Å². The maximum Gasteiger partial charge on any atom is 0.327 e. The number of amides is 4. The smallest absolute Gasteiger partial charge is 0.327 e. The zero-order chi connectivity index (χ0) is 24.4. The Labute approximate surface area is 195 Å². The molecule has 4 amide bonds. The molecule has 1 aromatic carbocycles. The number of anilines is 1. The first-order valence-electron chi connectivity index (χ1n) is 11.7. The number of esters is 1. The average Bonchev–Trinajstić information content (AvgIpc) is 2.99. The van der Waals surface area contributed by atoms with Gasteiger partial charge in [-0.05, 0) is 62.5 Å². The van der Waals surface area contributed by atoms with Crippen molar-refractivity contribution < 1.29 is 23.9 Å². The van der Waals surface area contributed by atoms with Gasteiger partial charge in [-0.2, -0.15) is 0 Å². The van der Waals surface area contributed by atoms with Crippen LogP contribution in [0.15, 0.2) is 24.3 Å². The maximum absolute atomic E-state index is 13.1. The van der Waals surface area contributed by atoms with Crippen molar-refractivity contribution in [3.05, 3.63) is 29.8 Å². The zero-order valence-corrected chi connectivity index (χ0v) is 20.2. The number of carbonyl (C=O) groups excluding carboxylic acids is 4. The molecule has 8 nitrogen and oxygen atoms in total. The van der Waals surface area contributed by atoms with E-state index >= 15 is 0 Å². The summed E-state index contributed by atoms with van der Waals surface area (Å²) in [6.07, 6.45) is 2.80. The van der Waals surface area contributed by atoms with Gasteiger partial charge in [0.1, 0.15) is 12.1 Å². The Hall–Kier alpha value is -2.90. The van der Waals surface area contributed by atoms with Crippen LogP contribution in [0.4, 0.5) is 10.5 Å². The molecule has 0 bridgehead atoms. The molecule has 1 unspecified atom stereocenters. The minimum Gasteiger partial charge on any atom is -0.451 e. The Bertz CT molecular complexity index is 934. The van der Waals surface area contributed by atoms with Gasteiger partial charge in [-0.3, -0.25) is 19.3 Å². The van der Waals surface area contributed by atoms with Crippen LogP contribution in [0.25, 0.3) is 0 Å². The second kappa shape index (κ2) is 9.53. The topological polar surface area (TPSA) is 105 Å². The lowest BCUT2D eigenvalue weighted by Crippen LogP contribution is -2.51. The Morgan fingerprint density at radius 1 is 1.24 bits per heavy atom. The highest BCUT2D eigenvalue weighted by atomic mass is 16.5. The van der Waals surface area contributed by atoms with E-state index < -0.39 is 36.1 Å². The number of hydrogen-bond acceptors (Lipinski definition) is 5. The summed E-state index contributed by atoms with van der Waals surface area (Å²) in [6.45, 7) is 9.44. The quantitative estimate of drug-likeness (QED) is 0.479. The Morgan fingerprint density at radius 2 is 1.88 bits per heavy atom. The molecule has 2 fully saturated rings. The molecule has 3 rings (SSSR count). The van der Waals surface area contributed by atoms with E-state index in [9.17, 15) is 19.2 Å². The summed E-state index contributed by atoms with van der Waals surface area (Å²) in [5.74, 6) is -1.18. The molecule has 1 aliphatic carbocycles. The predicted octanol–water partition coefficient (Wildman–Crippen LogP) is 3.78. The third-order valence-corrected chi connectivity index (χ3v) is 7.47. The van der Waals surface area contributed by atoms with E-state index in [0.29, 0.717) is 24.4 Å². The van der Waals surface area contributed by atoms with Gasteiger partial charge in [-0.15, -0.1) is 0 Å². The molecule has 1 saturated heterocycles. The number of urea groups is 1. The standard InChI is InChI=1S/C25H35N3O5/c1-6-24(4,5)18-11-13-25(14-12-18)22(31)28(23(32)27-25)15-20(29)33-17(3)21(30)26-19-10-8-7-9-16(19)2/h7-10,17-18H,6,11-15H2,1-5H3,(H,26,30)(H,27,32). The molecule has 1 heterocycles. The number of hydrogen-bond donors (Lipinski definition) is 2. The van der Waals surface area contributed by atoms with Gasteiger partial charge >= 0.3 is 12.0 Å².